The zero-order chi connectivity index (χ0) is 27.4. The lowest BCUT2D eigenvalue weighted by molar-refractivity contribution is -0.153. The summed E-state index contributed by atoms with van der Waals surface area (Å²) in [5, 5.41) is 10.3. The number of carbonyl (C=O) groups excluding carboxylic acids is 5. The molecule has 202 valence electrons. The number of allylic oxidation sites excluding steroid dienone is 2. The molecule has 0 aromatic rings. The van der Waals surface area contributed by atoms with E-state index < -0.39 is 53.8 Å². The van der Waals surface area contributed by atoms with Crippen molar-refractivity contribution in [1.82, 2.24) is 21.3 Å². The third-order valence-corrected chi connectivity index (χ3v) is 6.00. The molecule has 0 bridgehead atoms. The Balaban J connectivity index is 3.43. The molecule has 36 heavy (non-hydrogen) atoms. The molecule has 0 saturated carbocycles. The fraction of sp³-hybridized carbons (Fsp3) is 0.625. The highest BCUT2D eigenvalue weighted by Gasteiger charge is 2.33. The van der Waals surface area contributed by atoms with Crippen LogP contribution in [0.1, 0.15) is 47.5 Å². The highest BCUT2D eigenvalue weighted by Crippen LogP contribution is 2.12. The number of thiol groups is 2. The Morgan fingerprint density at radius 2 is 1.58 bits per heavy atom. The van der Waals surface area contributed by atoms with Gasteiger partial charge in [-0.25, -0.2) is 4.79 Å². The minimum absolute atomic E-state index is 0.0477. The summed E-state index contributed by atoms with van der Waals surface area (Å²) < 4.78 is 5.59. The Morgan fingerprint density at radius 1 is 0.944 bits per heavy atom. The van der Waals surface area contributed by atoms with Crippen LogP contribution in [0.4, 0.5) is 0 Å². The molecule has 1 aliphatic heterocycles. The second kappa shape index (κ2) is 15.6. The smallest absolute Gasteiger partial charge is 0.329 e. The highest BCUT2D eigenvalue weighted by molar-refractivity contribution is 7.80. The Hall–Kier alpha value is -2.47. The molecule has 1 fully saturated rings. The first-order valence-corrected chi connectivity index (χ1v) is 13.2. The molecule has 0 radical (unpaired) electrons. The molecule has 12 heteroatoms. The minimum atomic E-state index is -1.07. The van der Waals surface area contributed by atoms with Gasteiger partial charge in [-0.2, -0.15) is 25.3 Å². The van der Waals surface area contributed by atoms with Gasteiger partial charge in [0.05, 0.1) is 6.42 Å². The second-order valence-electron chi connectivity index (χ2n) is 9.04. The van der Waals surface area contributed by atoms with Crippen molar-refractivity contribution >= 4 is 54.9 Å². The maximum Gasteiger partial charge on any atom is 0.329 e. The standard InChI is InChI=1S/C24H38N4O6S2/c1-6-16-21(30)28-20(14(4)5)24(33)34-15(9-7-8-10-35)11-18(29)27-19(13(2)3)23(32)26-17(12-36)22(31)25-16/h6-7,9,13-15,17,19-20,35-36H,8,10-12H2,1-5H3,(H,25,31)(H,26,32)(H,27,29)(H,28,30)/b9-7+,16-6-/t15-,17-,19-,20-/m1/s1. The summed E-state index contributed by atoms with van der Waals surface area (Å²) in [7, 11) is 0. The van der Waals surface area contributed by atoms with Crippen molar-refractivity contribution < 1.29 is 28.7 Å². The summed E-state index contributed by atoms with van der Waals surface area (Å²) in [5.41, 5.74) is -0.0921. The molecule has 1 saturated heterocycles. The number of cyclic esters (lactones) is 1. The molecular weight excluding hydrogens is 504 g/mol. The van der Waals surface area contributed by atoms with Crippen molar-refractivity contribution in [3.05, 3.63) is 23.9 Å². The molecule has 1 rings (SSSR count). The lowest BCUT2D eigenvalue weighted by atomic mass is 10.0. The summed E-state index contributed by atoms with van der Waals surface area (Å²) in [5.74, 6) is -3.32. The van der Waals surface area contributed by atoms with Crippen LogP contribution in [-0.4, -0.2) is 65.3 Å². The van der Waals surface area contributed by atoms with Crippen molar-refractivity contribution in [2.45, 2.75) is 71.7 Å². The van der Waals surface area contributed by atoms with Crippen LogP contribution in [0.2, 0.25) is 0 Å². The van der Waals surface area contributed by atoms with Gasteiger partial charge in [0.1, 0.15) is 29.9 Å². The maximum atomic E-state index is 13.0. The van der Waals surface area contributed by atoms with E-state index in [4.69, 9.17) is 4.74 Å². The second-order valence-corrected chi connectivity index (χ2v) is 9.85. The number of hydrogen-bond acceptors (Lipinski definition) is 8. The van der Waals surface area contributed by atoms with Gasteiger partial charge in [-0.3, -0.25) is 19.2 Å². The molecule has 10 nitrogen and oxygen atoms in total. The van der Waals surface area contributed by atoms with Crippen LogP contribution in [0.3, 0.4) is 0 Å². The molecule has 0 unspecified atom stereocenters. The van der Waals surface area contributed by atoms with E-state index in [1.54, 1.807) is 46.8 Å². The van der Waals surface area contributed by atoms with Gasteiger partial charge in [0.2, 0.25) is 17.7 Å². The monoisotopic (exact) mass is 542 g/mol. The van der Waals surface area contributed by atoms with Crippen LogP contribution < -0.4 is 21.3 Å². The van der Waals surface area contributed by atoms with Gasteiger partial charge < -0.3 is 26.0 Å². The molecule has 0 aromatic carbocycles. The molecule has 0 aromatic heterocycles. The van der Waals surface area contributed by atoms with Gasteiger partial charge in [0.15, 0.2) is 0 Å². The van der Waals surface area contributed by atoms with Crippen LogP contribution >= 0.6 is 25.3 Å². The average Bonchev–Trinajstić information content (AvgIpc) is 2.81. The third kappa shape index (κ3) is 9.88. The number of amides is 4. The molecule has 1 heterocycles. The summed E-state index contributed by atoms with van der Waals surface area (Å²) in [6.07, 6.45) is 4.16. The maximum absolute atomic E-state index is 13.0. The molecular formula is C24H38N4O6S2. The van der Waals surface area contributed by atoms with E-state index in [1.807, 2.05) is 0 Å². The van der Waals surface area contributed by atoms with E-state index in [1.165, 1.54) is 6.08 Å². The lowest BCUT2D eigenvalue weighted by Gasteiger charge is -2.27. The van der Waals surface area contributed by atoms with E-state index in [-0.39, 0.29) is 29.7 Å². The summed E-state index contributed by atoms with van der Waals surface area (Å²) in [4.78, 5) is 64.5. The van der Waals surface area contributed by atoms with Crippen LogP contribution in [0.5, 0.6) is 0 Å². The van der Waals surface area contributed by atoms with Crippen LogP contribution in [0, 0.1) is 11.8 Å². The van der Waals surface area contributed by atoms with Crippen LogP contribution in [0.25, 0.3) is 0 Å². The predicted octanol–water partition coefficient (Wildman–Crippen LogP) is 0.894. The first kappa shape index (κ1) is 31.6. The molecule has 1 aliphatic rings. The Bertz CT molecular complexity index is 875. The number of ether oxygens (including phenoxy) is 1. The van der Waals surface area contributed by atoms with Crippen molar-refractivity contribution in [2.75, 3.05) is 11.5 Å². The zero-order valence-electron chi connectivity index (χ0n) is 21.4. The fourth-order valence-corrected chi connectivity index (χ4v) is 3.70. The Kier molecular flexibility index (Phi) is 13.7. The number of carbonyl (C=O) groups is 5. The van der Waals surface area contributed by atoms with Crippen LogP contribution in [0.15, 0.2) is 23.9 Å². The summed E-state index contributed by atoms with van der Waals surface area (Å²) in [6, 6.07) is -3.06. The highest BCUT2D eigenvalue weighted by atomic mass is 32.1. The largest absolute Gasteiger partial charge is 0.456 e. The zero-order valence-corrected chi connectivity index (χ0v) is 23.2. The molecule has 4 atom stereocenters. The Labute approximate surface area is 223 Å². The predicted molar refractivity (Wildman–Crippen MR) is 143 cm³/mol. The number of esters is 1. The summed E-state index contributed by atoms with van der Waals surface area (Å²) >= 11 is 8.31. The van der Waals surface area contributed by atoms with E-state index >= 15 is 0 Å². The molecule has 0 spiro atoms. The average molecular weight is 543 g/mol. The van der Waals surface area contributed by atoms with Gasteiger partial charge in [0.25, 0.3) is 5.91 Å². The van der Waals surface area contributed by atoms with Crippen molar-refractivity contribution in [3.63, 3.8) is 0 Å². The van der Waals surface area contributed by atoms with E-state index in [2.05, 4.69) is 46.5 Å². The van der Waals surface area contributed by atoms with E-state index in [9.17, 15) is 24.0 Å². The van der Waals surface area contributed by atoms with Crippen molar-refractivity contribution in [3.8, 4) is 0 Å². The van der Waals surface area contributed by atoms with Gasteiger partial charge in [0, 0.05) is 5.75 Å². The molecule has 4 amide bonds. The van der Waals surface area contributed by atoms with Crippen molar-refractivity contribution in [1.29, 1.82) is 0 Å². The van der Waals surface area contributed by atoms with Gasteiger partial charge in [-0.15, -0.1) is 0 Å². The first-order chi connectivity index (χ1) is 16.9. The van der Waals surface area contributed by atoms with Crippen LogP contribution in [-0.2, 0) is 28.7 Å². The molecule has 0 aliphatic carbocycles. The third-order valence-electron chi connectivity index (χ3n) is 5.38. The SMILES string of the molecule is C/C=C1\NC(=O)[C@@H](CS)NC(=O)[C@@H](C(C)C)NC(=O)C[C@@H](/C=C/CCS)OC(=O)[C@@H](C(C)C)NC1=O. The summed E-state index contributed by atoms with van der Waals surface area (Å²) in [6.45, 7) is 8.51. The Morgan fingerprint density at radius 3 is 2.11 bits per heavy atom. The normalized spacial score (nSPS) is 26.6. The van der Waals surface area contributed by atoms with E-state index in [0.29, 0.717) is 12.2 Å². The number of hydrogen-bond donors (Lipinski definition) is 6. The molecule has 4 N–H and O–H groups in total. The number of rotatable bonds is 6. The van der Waals surface area contributed by atoms with Gasteiger partial charge in [-0.1, -0.05) is 39.8 Å². The lowest BCUT2D eigenvalue weighted by Crippen LogP contribution is -2.57. The van der Waals surface area contributed by atoms with Gasteiger partial charge >= 0.3 is 5.97 Å². The fourth-order valence-electron chi connectivity index (χ4n) is 3.30. The van der Waals surface area contributed by atoms with Crippen molar-refractivity contribution in [2.24, 2.45) is 11.8 Å². The quantitative estimate of drug-likeness (QED) is 0.127. The van der Waals surface area contributed by atoms with Gasteiger partial charge in [-0.05, 0) is 37.0 Å². The van der Waals surface area contributed by atoms with E-state index in [0.717, 1.165) is 0 Å². The first-order valence-electron chi connectivity index (χ1n) is 11.9. The topological polar surface area (TPSA) is 143 Å². The minimum Gasteiger partial charge on any atom is -0.456 e. The number of nitrogens with one attached hydrogen (secondary N) is 4.